The molecule has 7 heteroatoms. The van der Waals surface area contributed by atoms with Crippen LogP contribution in [0, 0.1) is 0 Å². The molecule has 2 aromatic carbocycles. The largest absolute Gasteiger partial charge is 0.484 e. The molecule has 0 aliphatic rings. The maximum Gasteiger partial charge on any atom is 0.283 e. The van der Waals surface area contributed by atoms with Crippen molar-refractivity contribution in [3.05, 3.63) is 72.5 Å². The van der Waals surface area contributed by atoms with Gasteiger partial charge in [-0.05, 0) is 60.5 Å². The minimum absolute atomic E-state index is 0.0644. The first kappa shape index (κ1) is 18.5. The van der Waals surface area contributed by atoms with E-state index < -0.39 is 0 Å². The van der Waals surface area contributed by atoms with Gasteiger partial charge in [-0.2, -0.15) is 0 Å². The second-order valence-electron chi connectivity index (χ2n) is 6.30. The van der Waals surface area contributed by atoms with Crippen molar-refractivity contribution in [3.63, 3.8) is 0 Å². The summed E-state index contributed by atoms with van der Waals surface area (Å²) in [4.78, 5) is 12.1. The van der Waals surface area contributed by atoms with Crippen molar-refractivity contribution in [2.24, 2.45) is 0 Å². The SMILES string of the molecule is CCc1cccc(OCC(=O)Nc2ccc(-c3nnc(-c4ccco4)o3)cc2)c1. The third-order valence-corrected chi connectivity index (χ3v) is 4.25. The predicted molar refractivity (Wildman–Crippen MR) is 107 cm³/mol. The highest BCUT2D eigenvalue weighted by Crippen LogP contribution is 2.25. The van der Waals surface area contributed by atoms with Gasteiger partial charge < -0.3 is 18.9 Å². The van der Waals surface area contributed by atoms with Crippen molar-refractivity contribution in [1.29, 1.82) is 0 Å². The number of nitrogens with one attached hydrogen (secondary N) is 1. The number of hydrogen-bond acceptors (Lipinski definition) is 6. The van der Waals surface area contributed by atoms with Gasteiger partial charge in [0.15, 0.2) is 12.4 Å². The summed E-state index contributed by atoms with van der Waals surface area (Å²) in [5.74, 6) is 1.63. The van der Waals surface area contributed by atoms with Crippen molar-refractivity contribution >= 4 is 11.6 Å². The van der Waals surface area contributed by atoms with Crippen LogP contribution in [0.2, 0.25) is 0 Å². The number of aromatic nitrogens is 2. The van der Waals surface area contributed by atoms with Gasteiger partial charge in [-0.15, -0.1) is 10.2 Å². The molecule has 29 heavy (non-hydrogen) atoms. The molecule has 0 unspecified atom stereocenters. The van der Waals surface area contributed by atoms with Gasteiger partial charge >= 0.3 is 0 Å². The molecule has 0 radical (unpaired) electrons. The summed E-state index contributed by atoms with van der Waals surface area (Å²) in [6.07, 6.45) is 2.46. The lowest BCUT2D eigenvalue weighted by molar-refractivity contribution is -0.118. The van der Waals surface area contributed by atoms with Gasteiger partial charge in [-0.25, -0.2) is 0 Å². The highest BCUT2D eigenvalue weighted by Gasteiger charge is 2.12. The van der Waals surface area contributed by atoms with Crippen LogP contribution < -0.4 is 10.1 Å². The van der Waals surface area contributed by atoms with Gasteiger partial charge in [0, 0.05) is 11.3 Å². The smallest absolute Gasteiger partial charge is 0.283 e. The Morgan fingerprint density at radius 3 is 2.62 bits per heavy atom. The number of amides is 1. The average molecular weight is 389 g/mol. The number of aryl methyl sites for hydroxylation is 1. The van der Waals surface area contributed by atoms with Crippen molar-refractivity contribution in [2.45, 2.75) is 13.3 Å². The third-order valence-electron chi connectivity index (χ3n) is 4.25. The van der Waals surface area contributed by atoms with Gasteiger partial charge in [-0.3, -0.25) is 4.79 Å². The Morgan fingerprint density at radius 2 is 1.86 bits per heavy atom. The third kappa shape index (κ3) is 4.52. The minimum atomic E-state index is -0.238. The molecule has 2 aromatic heterocycles. The summed E-state index contributed by atoms with van der Waals surface area (Å²) >= 11 is 0. The van der Waals surface area contributed by atoms with Crippen LogP contribution in [0.1, 0.15) is 12.5 Å². The van der Waals surface area contributed by atoms with E-state index in [0.29, 0.717) is 29.0 Å². The zero-order valence-corrected chi connectivity index (χ0v) is 15.8. The Morgan fingerprint density at radius 1 is 1.03 bits per heavy atom. The zero-order chi connectivity index (χ0) is 20.1. The molecule has 1 amide bonds. The molecule has 0 saturated heterocycles. The fourth-order valence-electron chi connectivity index (χ4n) is 2.74. The van der Waals surface area contributed by atoms with E-state index in [2.05, 4.69) is 22.4 Å². The van der Waals surface area contributed by atoms with Crippen LogP contribution >= 0.6 is 0 Å². The molecule has 0 fully saturated rings. The molecule has 0 aliphatic carbocycles. The van der Waals surface area contributed by atoms with Crippen LogP contribution in [0.4, 0.5) is 5.69 Å². The van der Waals surface area contributed by atoms with E-state index >= 15 is 0 Å². The van der Waals surface area contributed by atoms with Crippen LogP contribution in [-0.2, 0) is 11.2 Å². The summed E-state index contributed by atoms with van der Waals surface area (Å²) in [6, 6.07) is 18.3. The summed E-state index contributed by atoms with van der Waals surface area (Å²) in [5, 5.41) is 10.8. The fourth-order valence-corrected chi connectivity index (χ4v) is 2.74. The second kappa shape index (κ2) is 8.43. The number of carbonyl (C=O) groups excluding carboxylic acids is 1. The maximum atomic E-state index is 12.1. The Balaban J connectivity index is 1.35. The normalized spacial score (nSPS) is 10.7. The molecule has 2 heterocycles. The van der Waals surface area contributed by atoms with E-state index in [0.717, 1.165) is 17.5 Å². The number of rotatable bonds is 7. The minimum Gasteiger partial charge on any atom is -0.484 e. The molecule has 0 saturated carbocycles. The molecule has 1 N–H and O–H groups in total. The van der Waals surface area contributed by atoms with Crippen LogP contribution in [0.25, 0.3) is 23.1 Å². The predicted octanol–water partition coefficient (Wildman–Crippen LogP) is 4.58. The molecule has 0 atom stereocenters. The van der Waals surface area contributed by atoms with Gasteiger partial charge in [0.2, 0.25) is 5.89 Å². The Bertz CT molecular complexity index is 1090. The highest BCUT2D eigenvalue weighted by molar-refractivity contribution is 5.92. The Hall–Kier alpha value is -3.87. The van der Waals surface area contributed by atoms with E-state index in [1.54, 1.807) is 42.7 Å². The second-order valence-corrected chi connectivity index (χ2v) is 6.30. The van der Waals surface area contributed by atoms with Gasteiger partial charge in [-0.1, -0.05) is 19.1 Å². The molecule has 4 aromatic rings. The van der Waals surface area contributed by atoms with Crippen LogP contribution in [-0.4, -0.2) is 22.7 Å². The average Bonchev–Trinajstić information content (AvgIpc) is 3.45. The number of nitrogens with zero attached hydrogens (tertiary/aromatic N) is 2. The van der Waals surface area contributed by atoms with E-state index in [4.69, 9.17) is 13.6 Å². The van der Waals surface area contributed by atoms with Gasteiger partial charge in [0.25, 0.3) is 11.8 Å². The number of hydrogen-bond donors (Lipinski definition) is 1. The molecule has 7 nitrogen and oxygen atoms in total. The van der Waals surface area contributed by atoms with Crippen LogP contribution in [0.3, 0.4) is 0 Å². The first-order valence-corrected chi connectivity index (χ1v) is 9.20. The number of furan rings is 1. The summed E-state index contributed by atoms with van der Waals surface area (Å²) in [5.41, 5.74) is 2.55. The summed E-state index contributed by atoms with van der Waals surface area (Å²) in [7, 11) is 0. The first-order chi connectivity index (χ1) is 14.2. The van der Waals surface area contributed by atoms with Crippen molar-refractivity contribution < 1.29 is 18.4 Å². The standard InChI is InChI=1S/C22H19N3O4/c1-2-15-5-3-6-18(13-15)28-14-20(26)23-17-10-8-16(9-11-17)21-24-25-22(29-21)19-7-4-12-27-19/h3-13H,2,14H2,1H3,(H,23,26). The molecular weight excluding hydrogens is 370 g/mol. The van der Waals surface area contributed by atoms with Crippen molar-refractivity contribution in [3.8, 4) is 28.9 Å². The van der Waals surface area contributed by atoms with E-state index in [9.17, 15) is 4.79 Å². The quantitative estimate of drug-likeness (QED) is 0.498. The summed E-state index contributed by atoms with van der Waals surface area (Å²) in [6.45, 7) is 2.01. The fraction of sp³-hybridized carbons (Fsp3) is 0.136. The maximum absolute atomic E-state index is 12.1. The molecule has 0 bridgehead atoms. The highest BCUT2D eigenvalue weighted by atomic mass is 16.5. The number of ether oxygens (including phenoxy) is 1. The number of benzene rings is 2. The molecular formula is C22H19N3O4. The van der Waals surface area contributed by atoms with Gasteiger partial charge in [0.05, 0.1) is 6.26 Å². The monoisotopic (exact) mass is 389 g/mol. The summed E-state index contributed by atoms with van der Waals surface area (Å²) < 4.78 is 16.4. The first-order valence-electron chi connectivity index (χ1n) is 9.20. The lowest BCUT2D eigenvalue weighted by Crippen LogP contribution is -2.20. The zero-order valence-electron chi connectivity index (χ0n) is 15.8. The topological polar surface area (TPSA) is 90.4 Å². The van der Waals surface area contributed by atoms with Crippen LogP contribution in [0.5, 0.6) is 5.75 Å². The Labute approximate surface area is 167 Å². The lowest BCUT2D eigenvalue weighted by atomic mass is 10.2. The van der Waals surface area contributed by atoms with E-state index in [-0.39, 0.29) is 12.5 Å². The van der Waals surface area contributed by atoms with Crippen LogP contribution in [0.15, 0.2) is 75.8 Å². The Kier molecular flexibility index (Phi) is 5.38. The molecule has 146 valence electrons. The number of carbonyl (C=O) groups is 1. The van der Waals surface area contributed by atoms with E-state index in [1.165, 1.54) is 0 Å². The molecule has 0 spiro atoms. The van der Waals surface area contributed by atoms with Gasteiger partial charge in [0.1, 0.15) is 5.75 Å². The van der Waals surface area contributed by atoms with Crippen molar-refractivity contribution in [2.75, 3.05) is 11.9 Å². The lowest BCUT2D eigenvalue weighted by Gasteiger charge is -2.08. The molecule has 0 aliphatic heterocycles. The van der Waals surface area contributed by atoms with E-state index in [1.807, 2.05) is 24.3 Å². The molecule has 4 rings (SSSR count). The van der Waals surface area contributed by atoms with Crippen molar-refractivity contribution in [1.82, 2.24) is 10.2 Å². The number of anilines is 1.